The van der Waals surface area contributed by atoms with Crippen LogP contribution in [0.5, 0.6) is 0 Å². The summed E-state index contributed by atoms with van der Waals surface area (Å²) in [5.41, 5.74) is 0.610. The summed E-state index contributed by atoms with van der Waals surface area (Å²) < 4.78 is 7.70. The molecule has 5 nitrogen and oxygen atoms in total. The number of hydrogen-bond donors (Lipinski definition) is 1. The highest BCUT2D eigenvalue weighted by Gasteiger charge is 2.13. The lowest BCUT2D eigenvalue weighted by molar-refractivity contribution is 0.0284. The molecule has 1 aliphatic rings. The van der Waals surface area contributed by atoms with Gasteiger partial charge >= 0.3 is 0 Å². The Labute approximate surface area is 127 Å². The SMILES string of the molecule is Cn1ncc(NCCCOC2CCCCC2)c(Br)c1=O. The standard InChI is InChI=1S/C14H22BrN3O2/c1-18-14(19)13(15)12(10-17-18)16-8-5-9-20-11-6-3-2-4-7-11/h10-11,16H,2-9H2,1H3. The highest BCUT2D eigenvalue weighted by molar-refractivity contribution is 9.10. The molecular formula is C14H22BrN3O2. The van der Waals surface area contributed by atoms with Gasteiger partial charge < -0.3 is 10.1 Å². The third kappa shape index (κ3) is 4.31. The molecule has 0 radical (unpaired) electrons. The molecule has 20 heavy (non-hydrogen) atoms. The summed E-state index contributed by atoms with van der Waals surface area (Å²) in [5, 5.41) is 7.21. The van der Waals surface area contributed by atoms with Gasteiger partial charge in [-0.25, -0.2) is 4.68 Å². The molecule has 6 heteroatoms. The van der Waals surface area contributed by atoms with Crippen molar-refractivity contribution in [2.75, 3.05) is 18.5 Å². The summed E-state index contributed by atoms with van der Waals surface area (Å²) in [6.45, 7) is 1.55. The number of hydrogen-bond acceptors (Lipinski definition) is 4. The Balaban J connectivity index is 1.68. The largest absolute Gasteiger partial charge is 0.383 e. The first-order valence-corrected chi connectivity index (χ1v) is 8.05. The Bertz CT molecular complexity index is 484. The van der Waals surface area contributed by atoms with Crippen molar-refractivity contribution in [1.29, 1.82) is 0 Å². The van der Waals surface area contributed by atoms with Crippen molar-refractivity contribution in [3.05, 3.63) is 21.0 Å². The summed E-state index contributed by atoms with van der Waals surface area (Å²) in [6.07, 6.45) is 9.41. The van der Waals surface area contributed by atoms with Crippen LogP contribution in [-0.4, -0.2) is 29.0 Å². The van der Waals surface area contributed by atoms with Crippen LogP contribution in [0.2, 0.25) is 0 Å². The molecular weight excluding hydrogens is 322 g/mol. The van der Waals surface area contributed by atoms with Crippen molar-refractivity contribution >= 4 is 21.6 Å². The van der Waals surface area contributed by atoms with Crippen molar-refractivity contribution in [2.45, 2.75) is 44.6 Å². The minimum absolute atomic E-state index is 0.131. The van der Waals surface area contributed by atoms with Crippen molar-refractivity contribution in [1.82, 2.24) is 9.78 Å². The van der Waals surface area contributed by atoms with Crippen molar-refractivity contribution in [3.63, 3.8) is 0 Å². The second-order valence-corrected chi connectivity index (χ2v) is 6.01. The van der Waals surface area contributed by atoms with Crippen LogP contribution in [0, 0.1) is 0 Å². The lowest BCUT2D eigenvalue weighted by Crippen LogP contribution is -2.22. The van der Waals surface area contributed by atoms with E-state index < -0.39 is 0 Å². The van der Waals surface area contributed by atoms with E-state index in [2.05, 4.69) is 26.3 Å². The molecule has 1 saturated carbocycles. The predicted molar refractivity (Wildman–Crippen MR) is 83.1 cm³/mol. The molecule has 0 unspecified atom stereocenters. The van der Waals surface area contributed by atoms with Gasteiger partial charge in [0.15, 0.2) is 0 Å². The number of anilines is 1. The van der Waals surface area contributed by atoms with E-state index in [0.717, 1.165) is 25.3 Å². The second kappa shape index (κ2) is 7.78. The van der Waals surface area contributed by atoms with E-state index in [1.807, 2.05) is 0 Å². The van der Waals surface area contributed by atoms with Gasteiger partial charge in [0.2, 0.25) is 0 Å². The number of halogens is 1. The van der Waals surface area contributed by atoms with Crippen LogP contribution in [0.3, 0.4) is 0 Å². The number of aromatic nitrogens is 2. The van der Waals surface area contributed by atoms with Crippen LogP contribution >= 0.6 is 15.9 Å². The maximum atomic E-state index is 11.7. The number of rotatable bonds is 6. The molecule has 1 aromatic heterocycles. The van der Waals surface area contributed by atoms with E-state index in [-0.39, 0.29) is 5.56 Å². The van der Waals surface area contributed by atoms with Gasteiger partial charge in [0, 0.05) is 20.2 Å². The van der Waals surface area contributed by atoms with Gasteiger partial charge in [-0.3, -0.25) is 4.79 Å². The first kappa shape index (κ1) is 15.5. The smallest absolute Gasteiger partial charge is 0.282 e. The molecule has 0 saturated heterocycles. The number of nitrogens with zero attached hydrogens (tertiary/aromatic N) is 2. The summed E-state index contributed by atoms with van der Waals surface area (Å²) in [5.74, 6) is 0. The van der Waals surface area contributed by atoms with Crippen molar-refractivity contribution < 1.29 is 4.74 Å². The van der Waals surface area contributed by atoms with Crippen LogP contribution < -0.4 is 10.9 Å². The fourth-order valence-corrected chi connectivity index (χ4v) is 2.91. The Morgan fingerprint density at radius 2 is 2.20 bits per heavy atom. The van der Waals surface area contributed by atoms with Gasteiger partial charge in [-0.15, -0.1) is 0 Å². The molecule has 0 spiro atoms. The second-order valence-electron chi connectivity index (χ2n) is 5.21. The van der Waals surface area contributed by atoms with E-state index in [9.17, 15) is 4.79 Å². The molecule has 1 aliphatic carbocycles. The Hall–Kier alpha value is -0.880. The first-order chi connectivity index (χ1) is 9.68. The van der Waals surface area contributed by atoms with Crippen LogP contribution in [0.15, 0.2) is 15.5 Å². The molecule has 112 valence electrons. The summed E-state index contributed by atoms with van der Waals surface area (Å²) in [4.78, 5) is 11.7. The van der Waals surface area contributed by atoms with E-state index >= 15 is 0 Å². The molecule has 0 amide bonds. The van der Waals surface area contributed by atoms with Gasteiger partial charge in [-0.05, 0) is 35.2 Å². The lowest BCUT2D eigenvalue weighted by Gasteiger charge is -2.22. The highest BCUT2D eigenvalue weighted by atomic mass is 79.9. The van der Waals surface area contributed by atoms with Crippen molar-refractivity contribution in [2.24, 2.45) is 7.05 Å². The quantitative estimate of drug-likeness (QED) is 0.807. The number of nitrogens with one attached hydrogen (secondary N) is 1. The topological polar surface area (TPSA) is 56.1 Å². The number of aryl methyl sites for hydroxylation is 1. The summed E-state index contributed by atoms with van der Waals surface area (Å²) in [7, 11) is 1.63. The zero-order chi connectivity index (χ0) is 14.4. The van der Waals surface area contributed by atoms with Gasteiger partial charge in [-0.2, -0.15) is 5.10 Å². The van der Waals surface area contributed by atoms with Crippen LogP contribution in [-0.2, 0) is 11.8 Å². The zero-order valence-corrected chi connectivity index (χ0v) is 13.5. The van der Waals surface area contributed by atoms with Gasteiger partial charge in [0.1, 0.15) is 4.47 Å². The summed E-state index contributed by atoms with van der Waals surface area (Å²) in [6, 6.07) is 0. The molecule has 1 aromatic rings. The first-order valence-electron chi connectivity index (χ1n) is 7.26. The highest BCUT2D eigenvalue weighted by Crippen LogP contribution is 2.20. The monoisotopic (exact) mass is 343 g/mol. The summed E-state index contributed by atoms with van der Waals surface area (Å²) >= 11 is 3.30. The maximum Gasteiger partial charge on any atom is 0.282 e. The van der Waals surface area contributed by atoms with E-state index in [4.69, 9.17) is 4.74 Å². The lowest BCUT2D eigenvalue weighted by atomic mass is 9.98. The van der Waals surface area contributed by atoms with E-state index in [0.29, 0.717) is 10.6 Å². The van der Waals surface area contributed by atoms with Crippen LogP contribution in [0.4, 0.5) is 5.69 Å². The fraction of sp³-hybridized carbons (Fsp3) is 0.714. The van der Waals surface area contributed by atoms with Crippen LogP contribution in [0.25, 0.3) is 0 Å². The minimum atomic E-state index is -0.131. The van der Waals surface area contributed by atoms with Gasteiger partial charge in [-0.1, -0.05) is 19.3 Å². The average Bonchev–Trinajstić information content (AvgIpc) is 2.48. The number of ether oxygens (including phenoxy) is 1. The molecule has 0 atom stereocenters. The molecule has 0 aromatic carbocycles. The fourth-order valence-electron chi connectivity index (χ4n) is 2.41. The Morgan fingerprint density at radius 3 is 2.95 bits per heavy atom. The zero-order valence-electron chi connectivity index (χ0n) is 11.9. The molecule has 0 aliphatic heterocycles. The van der Waals surface area contributed by atoms with Crippen LogP contribution in [0.1, 0.15) is 38.5 Å². The van der Waals surface area contributed by atoms with Crippen molar-refractivity contribution in [3.8, 4) is 0 Å². The van der Waals surface area contributed by atoms with E-state index in [1.165, 1.54) is 36.8 Å². The maximum absolute atomic E-state index is 11.7. The third-order valence-corrected chi connectivity index (χ3v) is 4.39. The Morgan fingerprint density at radius 1 is 1.45 bits per heavy atom. The van der Waals surface area contributed by atoms with Gasteiger partial charge in [0.05, 0.1) is 18.0 Å². The Kier molecular flexibility index (Phi) is 6.04. The molecule has 2 rings (SSSR count). The third-order valence-electron chi connectivity index (χ3n) is 3.62. The predicted octanol–water partition coefficient (Wildman–Crippen LogP) is 2.69. The average molecular weight is 344 g/mol. The molecule has 1 heterocycles. The molecule has 0 bridgehead atoms. The molecule has 1 fully saturated rings. The molecule has 1 N–H and O–H groups in total. The normalized spacial score (nSPS) is 16.3. The van der Waals surface area contributed by atoms with E-state index in [1.54, 1.807) is 13.2 Å². The van der Waals surface area contributed by atoms with Gasteiger partial charge in [0.25, 0.3) is 5.56 Å². The minimum Gasteiger partial charge on any atom is -0.383 e.